The molecule has 0 spiro atoms. The molecule has 14 heavy (non-hydrogen) atoms. The van der Waals surface area contributed by atoms with Crippen LogP contribution in [0.25, 0.3) is 0 Å². The standard InChI is InChI=1S/C11H17NO2/c1-7(2)11(13)12-6-10-5-8(3)14-9(10)4/h5,7H,6H2,1-4H3,(H,12,13). The van der Waals surface area contributed by atoms with Gasteiger partial charge in [-0.3, -0.25) is 4.79 Å². The summed E-state index contributed by atoms with van der Waals surface area (Å²) in [6.07, 6.45) is 0. The number of nitrogens with one attached hydrogen (secondary N) is 1. The Morgan fingerprint density at radius 2 is 2.14 bits per heavy atom. The maximum atomic E-state index is 11.3. The zero-order valence-electron chi connectivity index (χ0n) is 9.18. The molecule has 1 rings (SSSR count). The van der Waals surface area contributed by atoms with Gasteiger partial charge in [-0.15, -0.1) is 0 Å². The van der Waals surface area contributed by atoms with Gasteiger partial charge >= 0.3 is 0 Å². The van der Waals surface area contributed by atoms with Crippen LogP contribution in [0.15, 0.2) is 10.5 Å². The number of furan rings is 1. The topological polar surface area (TPSA) is 42.2 Å². The van der Waals surface area contributed by atoms with E-state index in [0.717, 1.165) is 17.1 Å². The summed E-state index contributed by atoms with van der Waals surface area (Å²) in [4.78, 5) is 11.3. The number of carbonyl (C=O) groups excluding carboxylic acids is 1. The van der Waals surface area contributed by atoms with Gasteiger partial charge in [0.25, 0.3) is 0 Å². The molecule has 0 unspecified atom stereocenters. The van der Waals surface area contributed by atoms with Crippen molar-refractivity contribution in [2.24, 2.45) is 5.92 Å². The largest absolute Gasteiger partial charge is 0.466 e. The number of amides is 1. The average molecular weight is 195 g/mol. The van der Waals surface area contributed by atoms with Gasteiger partial charge in [0.1, 0.15) is 11.5 Å². The molecule has 0 aliphatic rings. The Morgan fingerprint density at radius 3 is 2.57 bits per heavy atom. The van der Waals surface area contributed by atoms with E-state index in [-0.39, 0.29) is 11.8 Å². The van der Waals surface area contributed by atoms with Crippen LogP contribution in [-0.4, -0.2) is 5.91 Å². The fourth-order valence-corrected chi connectivity index (χ4v) is 1.25. The molecule has 1 N–H and O–H groups in total. The van der Waals surface area contributed by atoms with Crippen LogP contribution in [0, 0.1) is 19.8 Å². The molecule has 0 saturated carbocycles. The van der Waals surface area contributed by atoms with Crippen molar-refractivity contribution >= 4 is 5.91 Å². The van der Waals surface area contributed by atoms with E-state index in [1.807, 2.05) is 33.8 Å². The molecule has 3 nitrogen and oxygen atoms in total. The van der Waals surface area contributed by atoms with E-state index >= 15 is 0 Å². The van der Waals surface area contributed by atoms with Gasteiger partial charge in [-0.25, -0.2) is 0 Å². The van der Waals surface area contributed by atoms with E-state index in [1.54, 1.807) is 0 Å². The molecular weight excluding hydrogens is 178 g/mol. The molecule has 78 valence electrons. The Labute approximate surface area is 84.5 Å². The van der Waals surface area contributed by atoms with Crippen molar-refractivity contribution in [2.75, 3.05) is 0 Å². The van der Waals surface area contributed by atoms with Crippen LogP contribution in [0.3, 0.4) is 0 Å². The highest BCUT2D eigenvalue weighted by molar-refractivity contribution is 5.77. The lowest BCUT2D eigenvalue weighted by atomic mass is 10.2. The molecule has 1 aromatic rings. The maximum absolute atomic E-state index is 11.3. The second-order valence-electron chi connectivity index (χ2n) is 3.81. The third kappa shape index (κ3) is 2.62. The monoisotopic (exact) mass is 195 g/mol. The van der Waals surface area contributed by atoms with Gasteiger partial charge < -0.3 is 9.73 Å². The highest BCUT2D eigenvalue weighted by atomic mass is 16.3. The van der Waals surface area contributed by atoms with Crippen LogP contribution in [-0.2, 0) is 11.3 Å². The Kier molecular flexibility index (Phi) is 3.33. The number of hydrogen-bond donors (Lipinski definition) is 1. The first-order valence-electron chi connectivity index (χ1n) is 4.84. The number of aryl methyl sites for hydroxylation is 2. The Hall–Kier alpha value is -1.25. The van der Waals surface area contributed by atoms with E-state index in [1.165, 1.54) is 0 Å². The van der Waals surface area contributed by atoms with Crippen molar-refractivity contribution in [1.82, 2.24) is 5.32 Å². The van der Waals surface area contributed by atoms with E-state index in [0.29, 0.717) is 6.54 Å². The zero-order valence-corrected chi connectivity index (χ0v) is 9.18. The quantitative estimate of drug-likeness (QED) is 0.803. The second-order valence-corrected chi connectivity index (χ2v) is 3.81. The Morgan fingerprint density at radius 1 is 1.50 bits per heavy atom. The van der Waals surface area contributed by atoms with Crippen molar-refractivity contribution in [3.05, 3.63) is 23.2 Å². The summed E-state index contributed by atoms with van der Waals surface area (Å²) >= 11 is 0. The predicted molar refractivity (Wildman–Crippen MR) is 54.9 cm³/mol. The van der Waals surface area contributed by atoms with Crippen molar-refractivity contribution < 1.29 is 9.21 Å². The molecule has 0 saturated heterocycles. The summed E-state index contributed by atoms with van der Waals surface area (Å²) in [6, 6.07) is 1.95. The van der Waals surface area contributed by atoms with Gasteiger partial charge in [0, 0.05) is 18.0 Å². The minimum Gasteiger partial charge on any atom is -0.466 e. The van der Waals surface area contributed by atoms with Crippen LogP contribution in [0.5, 0.6) is 0 Å². The predicted octanol–water partition coefficient (Wildman–Crippen LogP) is 2.17. The van der Waals surface area contributed by atoms with E-state index < -0.39 is 0 Å². The third-order valence-electron chi connectivity index (χ3n) is 2.12. The second kappa shape index (κ2) is 4.31. The minimum absolute atomic E-state index is 0.0308. The van der Waals surface area contributed by atoms with Gasteiger partial charge in [0.15, 0.2) is 0 Å². The van der Waals surface area contributed by atoms with E-state index in [4.69, 9.17) is 4.42 Å². The maximum Gasteiger partial charge on any atom is 0.222 e. The van der Waals surface area contributed by atoms with Crippen LogP contribution >= 0.6 is 0 Å². The third-order valence-corrected chi connectivity index (χ3v) is 2.12. The van der Waals surface area contributed by atoms with Crippen molar-refractivity contribution in [3.63, 3.8) is 0 Å². The van der Waals surface area contributed by atoms with Crippen molar-refractivity contribution in [2.45, 2.75) is 34.2 Å². The molecule has 0 fully saturated rings. The lowest BCUT2D eigenvalue weighted by molar-refractivity contribution is -0.124. The molecule has 0 bridgehead atoms. The fourth-order valence-electron chi connectivity index (χ4n) is 1.25. The summed E-state index contributed by atoms with van der Waals surface area (Å²) in [5, 5.41) is 2.85. The molecule has 0 aromatic carbocycles. The van der Waals surface area contributed by atoms with Gasteiger partial charge in [0.05, 0.1) is 0 Å². The highest BCUT2D eigenvalue weighted by Gasteiger charge is 2.08. The van der Waals surface area contributed by atoms with Crippen LogP contribution in [0.4, 0.5) is 0 Å². The number of carbonyl (C=O) groups is 1. The molecule has 0 aliphatic carbocycles. The molecule has 1 heterocycles. The minimum atomic E-state index is 0.0308. The smallest absolute Gasteiger partial charge is 0.222 e. The van der Waals surface area contributed by atoms with Gasteiger partial charge in [0.2, 0.25) is 5.91 Å². The molecule has 0 radical (unpaired) electrons. The van der Waals surface area contributed by atoms with Crippen molar-refractivity contribution in [3.8, 4) is 0 Å². The Bertz CT molecular complexity index is 326. The summed E-state index contributed by atoms with van der Waals surface area (Å²) in [6.45, 7) is 8.12. The number of hydrogen-bond acceptors (Lipinski definition) is 2. The molecule has 3 heteroatoms. The van der Waals surface area contributed by atoms with Gasteiger partial charge in [-0.2, -0.15) is 0 Å². The molecule has 0 atom stereocenters. The highest BCUT2D eigenvalue weighted by Crippen LogP contribution is 2.13. The van der Waals surface area contributed by atoms with E-state index in [2.05, 4.69) is 5.32 Å². The first kappa shape index (κ1) is 10.8. The van der Waals surface area contributed by atoms with Crippen LogP contribution in [0.1, 0.15) is 30.9 Å². The van der Waals surface area contributed by atoms with Gasteiger partial charge in [-0.05, 0) is 19.9 Å². The fraction of sp³-hybridized carbons (Fsp3) is 0.545. The first-order chi connectivity index (χ1) is 6.50. The van der Waals surface area contributed by atoms with Crippen molar-refractivity contribution in [1.29, 1.82) is 0 Å². The van der Waals surface area contributed by atoms with Gasteiger partial charge in [-0.1, -0.05) is 13.8 Å². The summed E-state index contributed by atoms with van der Waals surface area (Å²) < 4.78 is 5.36. The zero-order chi connectivity index (χ0) is 10.7. The molecule has 0 aliphatic heterocycles. The SMILES string of the molecule is Cc1cc(CNC(=O)C(C)C)c(C)o1. The van der Waals surface area contributed by atoms with Crippen LogP contribution in [0.2, 0.25) is 0 Å². The summed E-state index contributed by atoms with van der Waals surface area (Å²) in [7, 11) is 0. The number of rotatable bonds is 3. The molecule has 1 aromatic heterocycles. The molecule has 1 amide bonds. The lowest BCUT2D eigenvalue weighted by Gasteiger charge is -2.06. The average Bonchev–Trinajstić information content (AvgIpc) is 2.40. The normalized spacial score (nSPS) is 10.6. The first-order valence-corrected chi connectivity index (χ1v) is 4.84. The van der Waals surface area contributed by atoms with Crippen LogP contribution < -0.4 is 5.32 Å². The summed E-state index contributed by atoms with van der Waals surface area (Å²) in [5.41, 5.74) is 1.05. The Balaban J connectivity index is 2.54. The van der Waals surface area contributed by atoms with E-state index in [9.17, 15) is 4.79 Å². The summed E-state index contributed by atoms with van der Waals surface area (Å²) in [5.74, 6) is 1.87. The lowest BCUT2D eigenvalue weighted by Crippen LogP contribution is -2.27. The molecular formula is C11H17NO2.